The standard InChI is InChI=1S/C17H26N2O2/c1-13-8-9-18-15(12-13)17(20)19(3)10-11-21-16-7-5-4-6-14(16)2/h4-7,13,15,18H,8-12H2,1-3H3. The highest BCUT2D eigenvalue weighted by Gasteiger charge is 2.26. The molecule has 0 aliphatic carbocycles. The van der Waals surface area contributed by atoms with Crippen LogP contribution in [0.25, 0.3) is 0 Å². The Morgan fingerprint density at radius 2 is 2.19 bits per heavy atom. The minimum absolute atomic E-state index is 0.0304. The predicted octanol–water partition coefficient (Wildman–Crippen LogP) is 2.22. The number of amides is 1. The number of likely N-dealkylation sites (N-methyl/N-ethyl adjacent to an activating group) is 1. The molecule has 2 atom stereocenters. The van der Waals surface area contributed by atoms with E-state index in [1.54, 1.807) is 4.90 Å². The Labute approximate surface area is 127 Å². The van der Waals surface area contributed by atoms with Gasteiger partial charge >= 0.3 is 0 Å². The molecule has 1 fully saturated rings. The Morgan fingerprint density at radius 3 is 2.90 bits per heavy atom. The van der Waals surface area contributed by atoms with E-state index >= 15 is 0 Å². The van der Waals surface area contributed by atoms with Crippen molar-refractivity contribution in [2.75, 3.05) is 26.7 Å². The summed E-state index contributed by atoms with van der Waals surface area (Å²) in [5.74, 6) is 1.69. The number of carbonyl (C=O) groups excluding carboxylic acids is 1. The lowest BCUT2D eigenvalue weighted by Gasteiger charge is -2.30. The molecule has 0 aromatic heterocycles. The fraction of sp³-hybridized carbons (Fsp3) is 0.588. The molecule has 1 aromatic rings. The Morgan fingerprint density at radius 1 is 1.43 bits per heavy atom. The molecule has 2 rings (SSSR count). The van der Waals surface area contributed by atoms with E-state index in [1.807, 2.05) is 38.2 Å². The second kappa shape index (κ2) is 7.46. The number of nitrogens with zero attached hydrogens (tertiary/aromatic N) is 1. The van der Waals surface area contributed by atoms with Crippen molar-refractivity contribution in [3.8, 4) is 5.75 Å². The van der Waals surface area contributed by atoms with Crippen molar-refractivity contribution >= 4 is 5.91 Å². The molecule has 1 heterocycles. The molecule has 0 spiro atoms. The van der Waals surface area contributed by atoms with Crippen molar-refractivity contribution in [1.82, 2.24) is 10.2 Å². The summed E-state index contributed by atoms with van der Waals surface area (Å²) in [5, 5.41) is 3.32. The molecule has 1 aromatic carbocycles. The maximum absolute atomic E-state index is 12.4. The number of hydrogen-bond donors (Lipinski definition) is 1. The maximum Gasteiger partial charge on any atom is 0.239 e. The van der Waals surface area contributed by atoms with Crippen molar-refractivity contribution in [3.05, 3.63) is 29.8 Å². The summed E-state index contributed by atoms with van der Waals surface area (Å²) in [6, 6.07) is 7.91. The van der Waals surface area contributed by atoms with Gasteiger partial charge in [0.25, 0.3) is 0 Å². The molecule has 1 saturated heterocycles. The summed E-state index contributed by atoms with van der Waals surface area (Å²) in [6.45, 7) is 6.31. The molecule has 1 N–H and O–H groups in total. The lowest BCUT2D eigenvalue weighted by atomic mass is 9.93. The number of carbonyl (C=O) groups is 1. The molecule has 0 radical (unpaired) electrons. The van der Waals surface area contributed by atoms with E-state index in [1.165, 1.54) is 0 Å². The number of piperidine rings is 1. The lowest BCUT2D eigenvalue weighted by molar-refractivity contribution is -0.133. The van der Waals surface area contributed by atoms with E-state index in [9.17, 15) is 4.79 Å². The Kier molecular flexibility index (Phi) is 5.62. The first-order valence-corrected chi connectivity index (χ1v) is 7.74. The molecule has 116 valence electrons. The van der Waals surface area contributed by atoms with Crippen LogP contribution >= 0.6 is 0 Å². The van der Waals surface area contributed by atoms with Crippen LogP contribution in [0.4, 0.5) is 0 Å². The number of benzene rings is 1. The number of rotatable bonds is 5. The molecule has 0 bridgehead atoms. The van der Waals surface area contributed by atoms with Crippen molar-refractivity contribution in [2.24, 2.45) is 5.92 Å². The molecule has 0 saturated carbocycles. The molecule has 4 heteroatoms. The highest BCUT2D eigenvalue weighted by Crippen LogP contribution is 2.17. The van der Waals surface area contributed by atoms with Gasteiger partial charge in [0.1, 0.15) is 12.4 Å². The average Bonchev–Trinajstić information content (AvgIpc) is 2.48. The summed E-state index contributed by atoms with van der Waals surface area (Å²) < 4.78 is 5.75. The molecule has 4 nitrogen and oxygen atoms in total. The van der Waals surface area contributed by atoms with Gasteiger partial charge in [-0.05, 0) is 43.9 Å². The third-order valence-corrected chi connectivity index (χ3v) is 4.12. The second-order valence-electron chi connectivity index (χ2n) is 6.01. The fourth-order valence-corrected chi connectivity index (χ4v) is 2.68. The molecule has 1 amide bonds. The summed E-state index contributed by atoms with van der Waals surface area (Å²) in [7, 11) is 1.85. The molecular formula is C17H26N2O2. The first kappa shape index (κ1) is 15.8. The number of para-hydroxylation sites is 1. The number of ether oxygens (including phenoxy) is 1. The van der Waals surface area contributed by atoms with E-state index in [4.69, 9.17) is 4.74 Å². The zero-order valence-electron chi connectivity index (χ0n) is 13.3. The monoisotopic (exact) mass is 290 g/mol. The minimum atomic E-state index is -0.0304. The zero-order valence-corrected chi connectivity index (χ0v) is 13.3. The Bertz CT molecular complexity index is 476. The van der Waals surface area contributed by atoms with Gasteiger partial charge in [-0.1, -0.05) is 25.1 Å². The Hall–Kier alpha value is -1.55. The highest BCUT2D eigenvalue weighted by molar-refractivity contribution is 5.81. The van der Waals surface area contributed by atoms with Gasteiger partial charge in [0, 0.05) is 7.05 Å². The normalized spacial score (nSPS) is 21.9. The van der Waals surface area contributed by atoms with Crippen molar-refractivity contribution in [3.63, 3.8) is 0 Å². The van der Waals surface area contributed by atoms with Crippen LogP contribution in [0.5, 0.6) is 5.75 Å². The highest BCUT2D eigenvalue weighted by atomic mass is 16.5. The quantitative estimate of drug-likeness (QED) is 0.904. The van der Waals surface area contributed by atoms with Crippen LogP contribution in [0.1, 0.15) is 25.3 Å². The summed E-state index contributed by atoms with van der Waals surface area (Å²) in [4.78, 5) is 14.1. The van der Waals surface area contributed by atoms with E-state index in [2.05, 4.69) is 12.2 Å². The number of hydrogen-bond acceptors (Lipinski definition) is 3. The largest absolute Gasteiger partial charge is 0.491 e. The van der Waals surface area contributed by atoms with Crippen LogP contribution in [0.2, 0.25) is 0 Å². The van der Waals surface area contributed by atoms with Crippen molar-refractivity contribution < 1.29 is 9.53 Å². The molecule has 21 heavy (non-hydrogen) atoms. The fourth-order valence-electron chi connectivity index (χ4n) is 2.68. The predicted molar refractivity (Wildman–Crippen MR) is 84.5 cm³/mol. The SMILES string of the molecule is Cc1ccccc1OCCN(C)C(=O)C1CC(C)CCN1. The van der Waals surface area contributed by atoms with Crippen molar-refractivity contribution in [2.45, 2.75) is 32.7 Å². The molecule has 1 aliphatic heterocycles. The Balaban J connectivity index is 1.77. The van der Waals surface area contributed by atoms with Gasteiger partial charge in [-0.2, -0.15) is 0 Å². The molecule has 2 unspecified atom stereocenters. The van der Waals surface area contributed by atoms with Crippen LogP contribution in [0.3, 0.4) is 0 Å². The number of nitrogens with one attached hydrogen (secondary N) is 1. The van der Waals surface area contributed by atoms with Gasteiger partial charge in [-0.25, -0.2) is 0 Å². The van der Waals surface area contributed by atoms with E-state index in [-0.39, 0.29) is 11.9 Å². The van der Waals surface area contributed by atoms with E-state index in [0.29, 0.717) is 19.1 Å². The van der Waals surface area contributed by atoms with Gasteiger partial charge in [0.15, 0.2) is 0 Å². The van der Waals surface area contributed by atoms with E-state index in [0.717, 1.165) is 30.7 Å². The van der Waals surface area contributed by atoms with Crippen LogP contribution in [0, 0.1) is 12.8 Å². The van der Waals surface area contributed by atoms with Crippen LogP contribution in [0.15, 0.2) is 24.3 Å². The third-order valence-electron chi connectivity index (χ3n) is 4.12. The average molecular weight is 290 g/mol. The second-order valence-corrected chi connectivity index (χ2v) is 6.01. The molecule has 1 aliphatic rings. The maximum atomic E-state index is 12.4. The first-order chi connectivity index (χ1) is 10.1. The number of aryl methyl sites for hydroxylation is 1. The van der Waals surface area contributed by atoms with Crippen LogP contribution < -0.4 is 10.1 Å². The van der Waals surface area contributed by atoms with Gasteiger partial charge in [0.05, 0.1) is 12.6 Å². The summed E-state index contributed by atoms with van der Waals surface area (Å²) >= 11 is 0. The van der Waals surface area contributed by atoms with Gasteiger partial charge in [-0.3, -0.25) is 4.79 Å². The zero-order chi connectivity index (χ0) is 15.2. The minimum Gasteiger partial charge on any atom is -0.491 e. The third kappa shape index (κ3) is 4.46. The molecular weight excluding hydrogens is 264 g/mol. The topological polar surface area (TPSA) is 41.6 Å². The van der Waals surface area contributed by atoms with E-state index < -0.39 is 0 Å². The van der Waals surface area contributed by atoms with Gasteiger partial charge < -0.3 is 15.0 Å². The first-order valence-electron chi connectivity index (χ1n) is 7.74. The van der Waals surface area contributed by atoms with Crippen molar-refractivity contribution in [1.29, 1.82) is 0 Å². The van der Waals surface area contributed by atoms with Gasteiger partial charge in [-0.15, -0.1) is 0 Å². The van der Waals surface area contributed by atoms with Crippen LogP contribution in [-0.2, 0) is 4.79 Å². The lowest BCUT2D eigenvalue weighted by Crippen LogP contribution is -2.49. The van der Waals surface area contributed by atoms with Gasteiger partial charge in [0.2, 0.25) is 5.91 Å². The summed E-state index contributed by atoms with van der Waals surface area (Å²) in [6.07, 6.45) is 2.09. The smallest absolute Gasteiger partial charge is 0.239 e. The van der Waals surface area contributed by atoms with Crippen LogP contribution in [-0.4, -0.2) is 43.6 Å². The summed E-state index contributed by atoms with van der Waals surface area (Å²) in [5.41, 5.74) is 1.12.